The molecule has 0 radical (unpaired) electrons. The molecule has 23 heteroatoms. The predicted molar refractivity (Wildman–Crippen MR) is 328 cm³/mol. The predicted octanol–water partition coefficient (Wildman–Crippen LogP) is 7.49. The second-order valence-corrected chi connectivity index (χ2v) is 24.2. The van der Waals surface area contributed by atoms with E-state index < -0.39 is 41.2 Å². The number of fused-ring (bicyclic) bond motifs is 2. The Kier molecular flexibility index (Phi) is 21.6. The fraction of sp³-hybridized carbons (Fsp3) is 0.476. The van der Waals surface area contributed by atoms with Crippen LogP contribution in [0.4, 0.5) is 10.2 Å². The number of thiazole rings is 1. The van der Waals surface area contributed by atoms with E-state index in [0.717, 1.165) is 40.2 Å². The number of piperazine rings is 1. The van der Waals surface area contributed by atoms with E-state index in [1.54, 1.807) is 28.4 Å². The summed E-state index contributed by atoms with van der Waals surface area (Å²) in [5, 5.41) is 29.1. The van der Waals surface area contributed by atoms with Crippen molar-refractivity contribution in [1.29, 1.82) is 0 Å². The number of carbonyl (C=O) groups is 4. The van der Waals surface area contributed by atoms with Gasteiger partial charge in [-0.25, -0.2) is 9.37 Å². The zero-order valence-corrected chi connectivity index (χ0v) is 51.0. The van der Waals surface area contributed by atoms with E-state index in [1.165, 1.54) is 17.0 Å². The normalized spacial score (nSPS) is 17.7. The Morgan fingerprint density at radius 3 is 2.21 bits per heavy atom. The fourth-order valence-corrected chi connectivity index (χ4v) is 12.2. The van der Waals surface area contributed by atoms with Crippen molar-refractivity contribution in [3.8, 4) is 33.3 Å². The van der Waals surface area contributed by atoms with Crippen LogP contribution in [0.25, 0.3) is 43.2 Å². The van der Waals surface area contributed by atoms with Gasteiger partial charge < -0.3 is 64.1 Å². The number of anilines is 1. The summed E-state index contributed by atoms with van der Waals surface area (Å²) < 4.78 is 46.3. The van der Waals surface area contributed by atoms with E-state index in [2.05, 4.69) is 32.1 Å². The van der Waals surface area contributed by atoms with Crippen molar-refractivity contribution in [2.24, 2.45) is 5.41 Å². The molecule has 0 bridgehead atoms. The van der Waals surface area contributed by atoms with Crippen molar-refractivity contribution in [2.75, 3.05) is 110 Å². The molecule has 4 amide bonds. The molecule has 3 aliphatic heterocycles. The van der Waals surface area contributed by atoms with Crippen LogP contribution in [0, 0.1) is 18.2 Å². The minimum absolute atomic E-state index is 0.0271. The summed E-state index contributed by atoms with van der Waals surface area (Å²) in [5.74, 6) is -1.74. The SMILES string of the molecule is C=CC(=O)N1CCN(c2nc(OC3CCN(CCOCCOCCOCCOCC(=O)N[C@H](C(=O)N4C[C@H](O)C[C@H]4C(=O)N[C@@H](C)c4ccc(-c5scnc5C)cc4)C(C)(C)C)CC3)nc3c(F)c(-c4cc(O)cc5ccccc45)c(Cl)cc23)CC1. The first-order chi connectivity index (χ1) is 41.4. The number of phenols is 1. The van der Waals surface area contributed by atoms with Crippen LogP contribution in [0.15, 0.2) is 84.9 Å². The van der Waals surface area contributed by atoms with Gasteiger partial charge in [-0.1, -0.05) is 87.5 Å². The van der Waals surface area contributed by atoms with Crippen LogP contribution in [-0.2, 0) is 38.1 Å². The first-order valence-corrected chi connectivity index (χ1v) is 30.5. The van der Waals surface area contributed by atoms with Gasteiger partial charge in [-0.2, -0.15) is 9.97 Å². The van der Waals surface area contributed by atoms with Gasteiger partial charge in [0, 0.05) is 69.7 Å². The Labute approximate surface area is 509 Å². The Morgan fingerprint density at radius 2 is 1.55 bits per heavy atom. The second kappa shape index (κ2) is 29.2. The number of nitrogens with zero attached hydrogens (tertiary/aromatic N) is 7. The summed E-state index contributed by atoms with van der Waals surface area (Å²) in [6.45, 7) is 18.8. The molecule has 2 aromatic heterocycles. The lowest BCUT2D eigenvalue weighted by molar-refractivity contribution is -0.144. The van der Waals surface area contributed by atoms with Gasteiger partial charge in [0.15, 0.2) is 5.82 Å². The number of aliphatic hydroxyl groups is 1. The third-order valence-corrected chi connectivity index (χ3v) is 17.1. The molecule has 0 spiro atoms. The van der Waals surface area contributed by atoms with Crippen LogP contribution in [-0.4, -0.2) is 193 Å². The summed E-state index contributed by atoms with van der Waals surface area (Å²) in [6, 6.07) is 17.8. The van der Waals surface area contributed by atoms with Crippen LogP contribution in [0.5, 0.6) is 11.8 Å². The van der Waals surface area contributed by atoms with Gasteiger partial charge in [-0.3, -0.25) is 19.2 Å². The maximum Gasteiger partial charge on any atom is 0.319 e. The number of phenolic OH excluding ortho intramolecular Hbond substituents is 1. The number of nitrogens with one attached hydrogen (secondary N) is 2. The maximum atomic E-state index is 17.1. The number of β-amino-alcohol motifs (C(OH)–C–C–N with tert-alkyl or cyclic N) is 1. The van der Waals surface area contributed by atoms with Crippen molar-refractivity contribution in [3.63, 3.8) is 0 Å². The van der Waals surface area contributed by atoms with Gasteiger partial charge in [0.1, 0.15) is 41.9 Å². The van der Waals surface area contributed by atoms with E-state index in [9.17, 15) is 29.4 Å². The number of amides is 4. The third kappa shape index (κ3) is 15.8. The Bertz CT molecular complexity index is 3350. The average molecular weight is 1220 g/mol. The molecule has 4 atom stereocenters. The van der Waals surface area contributed by atoms with Gasteiger partial charge in [0.2, 0.25) is 23.6 Å². The maximum absolute atomic E-state index is 17.1. The van der Waals surface area contributed by atoms with Gasteiger partial charge in [-0.05, 0) is 83.8 Å². The Morgan fingerprint density at radius 1 is 0.872 bits per heavy atom. The lowest BCUT2D eigenvalue weighted by atomic mass is 9.85. The highest BCUT2D eigenvalue weighted by Crippen LogP contribution is 2.43. The molecule has 460 valence electrons. The first-order valence-electron chi connectivity index (χ1n) is 29.2. The van der Waals surface area contributed by atoms with Crippen molar-refractivity contribution in [2.45, 2.75) is 84.2 Å². The highest BCUT2D eigenvalue weighted by atomic mass is 35.5. The lowest BCUT2D eigenvalue weighted by Crippen LogP contribution is -2.58. The smallest absolute Gasteiger partial charge is 0.319 e. The minimum Gasteiger partial charge on any atom is -0.508 e. The number of aliphatic hydroxyl groups excluding tert-OH is 1. The quantitative estimate of drug-likeness (QED) is 0.0321. The molecule has 4 aromatic carbocycles. The van der Waals surface area contributed by atoms with Crippen LogP contribution >= 0.6 is 22.9 Å². The molecule has 3 aliphatic rings. The molecule has 3 fully saturated rings. The number of ether oxygens (including phenoxy) is 5. The van der Waals surface area contributed by atoms with Crippen molar-refractivity contribution >= 4 is 74.1 Å². The monoisotopic (exact) mass is 1220 g/mol. The number of halogens is 2. The zero-order valence-electron chi connectivity index (χ0n) is 49.4. The molecular weight excluding hydrogens is 1150 g/mol. The molecule has 3 saturated heterocycles. The van der Waals surface area contributed by atoms with Crippen molar-refractivity contribution in [1.82, 2.24) is 40.3 Å². The van der Waals surface area contributed by atoms with Crippen molar-refractivity contribution in [3.05, 3.63) is 107 Å². The van der Waals surface area contributed by atoms with E-state index in [1.807, 2.05) is 93.6 Å². The van der Waals surface area contributed by atoms with Crippen LogP contribution in [0.1, 0.15) is 64.3 Å². The summed E-state index contributed by atoms with van der Waals surface area (Å²) >= 11 is 8.49. The molecule has 0 aliphatic carbocycles. The van der Waals surface area contributed by atoms with E-state index in [-0.39, 0.29) is 84.6 Å². The average Bonchev–Trinajstić information content (AvgIpc) is 1.22. The number of rotatable bonds is 25. The summed E-state index contributed by atoms with van der Waals surface area (Å²) in [6.07, 6.45) is 1.62. The third-order valence-electron chi connectivity index (χ3n) is 15.8. The largest absolute Gasteiger partial charge is 0.508 e. The number of benzene rings is 4. The number of aryl methyl sites for hydroxylation is 1. The topological polar surface area (TPSA) is 231 Å². The van der Waals surface area contributed by atoms with Gasteiger partial charge in [0.05, 0.1) is 79.5 Å². The van der Waals surface area contributed by atoms with Crippen LogP contribution in [0.3, 0.4) is 0 Å². The Hall–Kier alpha value is -6.89. The number of hydrogen-bond donors (Lipinski definition) is 4. The molecule has 4 N–H and O–H groups in total. The number of piperidine rings is 1. The standard InChI is InChI=1S/C63H77ClFN9O11S/c1-7-53(78)72-20-22-73(23-21-72)59-49-35-50(64)54(48-33-44(75)32-43-10-8-9-11-47(43)48)55(65)56(49)69-62(70-59)85-46-16-18-71(19-17-46)24-25-81-26-27-82-28-29-83-30-31-84-37-52(77)68-58(63(4,5)6)61(80)74-36-45(76)34-51(74)60(79)67-39(2)41-12-14-42(15-13-41)57-40(3)66-38-86-57/h7-15,32-33,35,38-39,45-46,51,58,75-76H,1,16-31,34,36-37H2,2-6H3,(H,67,79)(H,68,77)/t39-,45+,51-,58+/m0/s1. The molecule has 6 aromatic rings. The van der Waals surface area contributed by atoms with Gasteiger partial charge in [0.25, 0.3) is 0 Å². The van der Waals surface area contributed by atoms with E-state index in [0.29, 0.717) is 101 Å². The van der Waals surface area contributed by atoms with Crippen LogP contribution < -0.4 is 20.3 Å². The second-order valence-electron chi connectivity index (χ2n) is 22.9. The highest BCUT2D eigenvalue weighted by molar-refractivity contribution is 7.13. The number of likely N-dealkylation sites (tertiary alicyclic amines) is 2. The minimum atomic E-state index is -0.991. The summed E-state index contributed by atoms with van der Waals surface area (Å²) in [4.78, 5) is 75.6. The molecule has 9 rings (SSSR count). The summed E-state index contributed by atoms with van der Waals surface area (Å²) in [7, 11) is 0. The molecule has 5 heterocycles. The number of carbonyl (C=O) groups excluding carboxylic acids is 4. The molecular formula is C63H77ClFN9O11S. The number of aromatic nitrogens is 3. The molecule has 0 unspecified atom stereocenters. The van der Waals surface area contributed by atoms with Gasteiger partial charge in [-0.15, -0.1) is 11.3 Å². The van der Waals surface area contributed by atoms with E-state index in [4.69, 9.17) is 40.3 Å². The highest BCUT2D eigenvalue weighted by Gasteiger charge is 2.45. The first kappa shape index (κ1) is 63.6. The van der Waals surface area contributed by atoms with E-state index >= 15 is 4.39 Å². The molecule has 0 saturated carbocycles. The lowest BCUT2D eigenvalue weighted by Gasteiger charge is -2.35. The van der Waals surface area contributed by atoms with Crippen LogP contribution in [0.2, 0.25) is 5.02 Å². The fourth-order valence-electron chi connectivity index (χ4n) is 11.1. The number of aromatic hydroxyl groups is 1. The summed E-state index contributed by atoms with van der Waals surface area (Å²) in [5.41, 5.74) is 4.54. The van der Waals surface area contributed by atoms with Gasteiger partial charge >= 0.3 is 6.01 Å². The molecule has 86 heavy (non-hydrogen) atoms. The van der Waals surface area contributed by atoms with Crippen molar-refractivity contribution < 1.29 is 57.5 Å². The zero-order chi connectivity index (χ0) is 61.1. The number of hydrogen-bond acceptors (Lipinski definition) is 17. The molecule has 20 nitrogen and oxygen atoms in total. The Balaban J connectivity index is 0.659.